The fourth-order valence-electron chi connectivity index (χ4n) is 1.78. The summed E-state index contributed by atoms with van der Waals surface area (Å²) in [7, 11) is 3.85. The highest BCUT2D eigenvalue weighted by Gasteiger charge is 2.06. The summed E-state index contributed by atoms with van der Waals surface area (Å²) in [4.78, 5) is 13.6. The SMILES string of the molecule is CN(C)c1ccc(NC(=O)CCCCCN)cc1Cl. The molecule has 1 amide bonds. The van der Waals surface area contributed by atoms with Gasteiger partial charge in [0.25, 0.3) is 0 Å². The number of rotatable bonds is 7. The van der Waals surface area contributed by atoms with Crippen LogP contribution in [0, 0.1) is 0 Å². The monoisotopic (exact) mass is 283 g/mol. The van der Waals surface area contributed by atoms with Crippen LogP contribution in [0.2, 0.25) is 5.02 Å². The first-order chi connectivity index (χ1) is 9.04. The average Bonchev–Trinajstić information content (AvgIpc) is 2.34. The number of amides is 1. The van der Waals surface area contributed by atoms with Crippen molar-refractivity contribution in [3.63, 3.8) is 0 Å². The van der Waals surface area contributed by atoms with Crippen molar-refractivity contribution in [3.05, 3.63) is 23.2 Å². The maximum Gasteiger partial charge on any atom is 0.224 e. The Balaban J connectivity index is 2.48. The summed E-state index contributed by atoms with van der Waals surface area (Å²) in [5.41, 5.74) is 7.07. The summed E-state index contributed by atoms with van der Waals surface area (Å²) >= 11 is 6.15. The van der Waals surface area contributed by atoms with E-state index in [2.05, 4.69) is 5.32 Å². The zero-order valence-electron chi connectivity index (χ0n) is 11.6. The normalized spacial score (nSPS) is 10.3. The smallest absolute Gasteiger partial charge is 0.224 e. The number of unbranched alkanes of at least 4 members (excludes halogenated alkanes) is 2. The zero-order chi connectivity index (χ0) is 14.3. The second-order valence-electron chi connectivity index (χ2n) is 4.71. The Morgan fingerprint density at radius 3 is 2.63 bits per heavy atom. The third-order valence-corrected chi connectivity index (χ3v) is 3.12. The number of carbonyl (C=O) groups is 1. The first-order valence-corrected chi connectivity index (χ1v) is 6.89. The van der Waals surface area contributed by atoms with Crippen LogP contribution in [0.1, 0.15) is 25.7 Å². The van der Waals surface area contributed by atoms with Gasteiger partial charge in [-0.1, -0.05) is 18.0 Å². The molecule has 4 nitrogen and oxygen atoms in total. The molecule has 106 valence electrons. The third kappa shape index (κ3) is 5.49. The summed E-state index contributed by atoms with van der Waals surface area (Å²) in [5, 5.41) is 3.48. The minimum Gasteiger partial charge on any atom is -0.376 e. The number of carbonyl (C=O) groups excluding carboxylic acids is 1. The fourth-order valence-corrected chi connectivity index (χ4v) is 2.13. The summed E-state index contributed by atoms with van der Waals surface area (Å²) < 4.78 is 0. The van der Waals surface area contributed by atoms with E-state index in [1.807, 2.05) is 31.1 Å². The Labute approximate surface area is 119 Å². The van der Waals surface area contributed by atoms with Crippen LogP contribution in [0.3, 0.4) is 0 Å². The van der Waals surface area contributed by atoms with Crippen molar-refractivity contribution in [1.82, 2.24) is 0 Å². The van der Waals surface area contributed by atoms with Gasteiger partial charge in [-0.2, -0.15) is 0 Å². The van der Waals surface area contributed by atoms with E-state index in [1.165, 1.54) is 0 Å². The molecule has 0 aliphatic carbocycles. The minimum absolute atomic E-state index is 0.0192. The molecular weight excluding hydrogens is 262 g/mol. The lowest BCUT2D eigenvalue weighted by atomic mass is 10.2. The summed E-state index contributed by atoms with van der Waals surface area (Å²) in [6.07, 6.45) is 3.35. The molecule has 0 heterocycles. The topological polar surface area (TPSA) is 58.4 Å². The van der Waals surface area contributed by atoms with Crippen LogP contribution < -0.4 is 16.0 Å². The molecule has 0 aliphatic heterocycles. The van der Waals surface area contributed by atoms with Gasteiger partial charge < -0.3 is 16.0 Å². The number of hydrogen-bond acceptors (Lipinski definition) is 3. The van der Waals surface area contributed by atoms with Crippen LogP contribution in [0.15, 0.2) is 18.2 Å². The predicted octanol–water partition coefficient (Wildman–Crippen LogP) is 2.86. The van der Waals surface area contributed by atoms with E-state index in [1.54, 1.807) is 6.07 Å². The summed E-state index contributed by atoms with van der Waals surface area (Å²) in [6.45, 7) is 0.684. The molecule has 0 atom stereocenters. The van der Waals surface area contributed by atoms with Gasteiger partial charge in [0.05, 0.1) is 10.7 Å². The van der Waals surface area contributed by atoms with Gasteiger partial charge in [-0.05, 0) is 37.6 Å². The number of nitrogens with zero attached hydrogens (tertiary/aromatic N) is 1. The molecular formula is C14H22ClN3O. The molecule has 0 aromatic heterocycles. The number of nitrogens with one attached hydrogen (secondary N) is 1. The maximum atomic E-state index is 11.7. The van der Waals surface area contributed by atoms with Crippen molar-refractivity contribution >= 4 is 28.9 Å². The first kappa shape index (κ1) is 15.8. The molecule has 0 saturated carbocycles. The molecule has 3 N–H and O–H groups in total. The van der Waals surface area contributed by atoms with Crippen molar-refractivity contribution in [2.45, 2.75) is 25.7 Å². The van der Waals surface area contributed by atoms with E-state index in [4.69, 9.17) is 17.3 Å². The van der Waals surface area contributed by atoms with E-state index >= 15 is 0 Å². The van der Waals surface area contributed by atoms with Crippen LogP contribution in [0.25, 0.3) is 0 Å². The van der Waals surface area contributed by atoms with E-state index in [-0.39, 0.29) is 5.91 Å². The largest absolute Gasteiger partial charge is 0.376 e. The van der Waals surface area contributed by atoms with E-state index in [9.17, 15) is 4.79 Å². The fraction of sp³-hybridized carbons (Fsp3) is 0.500. The lowest BCUT2D eigenvalue weighted by Gasteiger charge is -2.15. The minimum atomic E-state index is 0.0192. The number of anilines is 2. The van der Waals surface area contributed by atoms with Gasteiger partial charge in [-0.15, -0.1) is 0 Å². The van der Waals surface area contributed by atoms with Gasteiger partial charge in [0.2, 0.25) is 5.91 Å². The van der Waals surface area contributed by atoms with Crippen molar-refractivity contribution in [2.75, 3.05) is 30.9 Å². The predicted molar refractivity (Wildman–Crippen MR) is 81.9 cm³/mol. The molecule has 1 rings (SSSR count). The quantitative estimate of drug-likeness (QED) is 0.757. The Kier molecular flexibility index (Phi) is 6.67. The van der Waals surface area contributed by atoms with Crippen LogP contribution in [0.5, 0.6) is 0 Å². The number of nitrogens with two attached hydrogens (primary N) is 1. The highest BCUT2D eigenvalue weighted by molar-refractivity contribution is 6.33. The lowest BCUT2D eigenvalue weighted by molar-refractivity contribution is -0.116. The standard InChI is InChI=1S/C14H22ClN3O/c1-18(2)13-8-7-11(10-12(13)15)17-14(19)6-4-3-5-9-16/h7-8,10H,3-6,9,16H2,1-2H3,(H,17,19). The second-order valence-corrected chi connectivity index (χ2v) is 5.12. The Morgan fingerprint density at radius 1 is 1.32 bits per heavy atom. The average molecular weight is 284 g/mol. The van der Waals surface area contributed by atoms with Crippen molar-refractivity contribution in [1.29, 1.82) is 0 Å². The summed E-state index contributed by atoms with van der Waals surface area (Å²) in [5.74, 6) is 0.0192. The van der Waals surface area contributed by atoms with Crippen molar-refractivity contribution < 1.29 is 4.79 Å². The van der Waals surface area contributed by atoms with Crippen LogP contribution in [0.4, 0.5) is 11.4 Å². The van der Waals surface area contributed by atoms with Crippen LogP contribution >= 0.6 is 11.6 Å². The number of hydrogen-bond donors (Lipinski definition) is 2. The molecule has 0 unspecified atom stereocenters. The second kappa shape index (κ2) is 8.02. The third-order valence-electron chi connectivity index (χ3n) is 2.82. The Bertz CT molecular complexity index is 421. The van der Waals surface area contributed by atoms with Crippen molar-refractivity contribution in [2.24, 2.45) is 5.73 Å². The molecule has 0 aliphatic rings. The molecule has 5 heteroatoms. The van der Waals surface area contributed by atoms with Crippen LogP contribution in [-0.2, 0) is 4.79 Å². The highest BCUT2D eigenvalue weighted by atomic mass is 35.5. The molecule has 1 aromatic rings. The van der Waals surface area contributed by atoms with Gasteiger partial charge in [-0.25, -0.2) is 0 Å². The zero-order valence-corrected chi connectivity index (χ0v) is 12.3. The molecule has 0 spiro atoms. The Morgan fingerprint density at radius 2 is 2.05 bits per heavy atom. The summed E-state index contributed by atoms with van der Waals surface area (Å²) in [6, 6.07) is 5.53. The lowest BCUT2D eigenvalue weighted by Crippen LogP contribution is -2.12. The molecule has 0 saturated heterocycles. The van der Waals surface area contributed by atoms with Crippen molar-refractivity contribution in [3.8, 4) is 0 Å². The molecule has 19 heavy (non-hydrogen) atoms. The number of benzene rings is 1. The highest BCUT2D eigenvalue weighted by Crippen LogP contribution is 2.27. The van der Waals surface area contributed by atoms with Gasteiger partial charge in [0, 0.05) is 26.2 Å². The van der Waals surface area contributed by atoms with E-state index in [0.29, 0.717) is 18.0 Å². The molecule has 0 bridgehead atoms. The first-order valence-electron chi connectivity index (χ1n) is 6.51. The van der Waals surface area contributed by atoms with Gasteiger partial charge in [-0.3, -0.25) is 4.79 Å². The number of halogens is 1. The van der Waals surface area contributed by atoms with Gasteiger partial charge >= 0.3 is 0 Å². The van der Waals surface area contributed by atoms with Gasteiger partial charge in [0.1, 0.15) is 0 Å². The maximum absolute atomic E-state index is 11.7. The van der Waals surface area contributed by atoms with E-state index in [0.717, 1.165) is 30.6 Å². The van der Waals surface area contributed by atoms with E-state index < -0.39 is 0 Å². The van der Waals surface area contributed by atoms with Crippen LogP contribution in [-0.4, -0.2) is 26.5 Å². The molecule has 0 fully saturated rings. The molecule has 1 aromatic carbocycles. The van der Waals surface area contributed by atoms with Gasteiger partial charge in [0.15, 0.2) is 0 Å². The molecule has 0 radical (unpaired) electrons. The Hall–Kier alpha value is -1.26.